The van der Waals surface area contributed by atoms with Gasteiger partial charge in [-0.1, -0.05) is 0 Å². The Hall–Kier alpha value is -3.67. The highest BCUT2D eigenvalue weighted by Crippen LogP contribution is 2.33. The molecular weight excluding hydrogens is 407 g/mol. The van der Waals surface area contributed by atoms with Gasteiger partial charge in [0, 0.05) is 23.9 Å². The van der Waals surface area contributed by atoms with Gasteiger partial charge >= 0.3 is 6.18 Å². The van der Waals surface area contributed by atoms with Crippen molar-refractivity contribution in [2.45, 2.75) is 38.5 Å². The monoisotopic (exact) mass is 425 g/mol. The lowest BCUT2D eigenvalue weighted by atomic mass is 10.0. The van der Waals surface area contributed by atoms with Gasteiger partial charge in [0.2, 0.25) is 0 Å². The first-order valence-electron chi connectivity index (χ1n) is 9.68. The molecule has 9 heteroatoms. The first-order valence-corrected chi connectivity index (χ1v) is 9.68. The van der Waals surface area contributed by atoms with Gasteiger partial charge in [-0.2, -0.15) is 23.5 Å². The summed E-state index contributed by atoms with van der Waals surface area (Å²) in [6, 6.07) is 10.8. The molecule has 158 valence electrons. The highest BCUT2D eigenvalue weighted by Gasteiger charge is 2.33. The van der Waals surface area contributed by atoms with Gasteiger partial charge in [-0.05, 0) is 61.7 Å². The van der Waals surface area contributed by atoms with E-state index in [1.165, 1.54) is 12.1 Å². The molecule has 1 aliphatic heterocycles. The summed E-state index contributed by atoms with van der Waals surface area (Å²) in [6.07, 6.45) is -1.99. The van der Waals surface area contributed by atoms with Gasteiger partial charge in [-0.3, -0.25) is 14.5 Å². The van der Waals surface area contributed by atoms with E-state index in [1.807, 2.05) is 13.0 Å². The van der Waals surface area contributed by atoms with Crippen molar-refractivity contribution in [3.8, 4) is 17.3 Å². The molecule has 31 heavy (non-hydrogen) atoms. The number of carbonyl (C=O) groups excluding carboxylic acids is 1. The van der Waals surface area contributed by atoms with E-state index in [1.54, 1.807) is 22.9 Å². The number of nitrogens with zero attached hydrogens (tertiary/aromatic N) is 4. The number of rotatable bonds is 3. The Morgan fingerprint density at radius 1 is 1.26 bits per heavy atom. The topological polar surface area (TPSA) is 83.6 Å². The Bertz CT molecular complexity index is 1190. The minimum Gasteiger partial charge on any atom is -0.344 e. The minimum atomic E-state index is -4.54. The molecule has 1 N–H and O–H groups in total. The van der Waals surface area contributed by atoms with Gasteiger partial charge in [0.15, 0.2) is 0 Å². The van der Waals surface area contributed by atoms with Crippen molar-refractivity contribution in [1.29, 1.82) is 5.26 Å². The minimum absolute atomic E-state index is 0.312. The maximum Gasteiger partial charge on any atom is 0.433 e. The molecule has 0 radical (unpaired) electrons. The van der Waals surface area contributed by atoms with E-state index < -0.39 is 11.9 Å². The molecule has 0 bridgehead atoms. The quantitative estimate of drug-likeness (QED) is 0.674. The number of hydrogen-bond donors (Lipinski definition) is 1. The lowest BCUT2D eigenvalue weighted by molar-refractivity contribution is -0.141. The Balaban J connectivity index is 1.61. The van der Waals surface area contributed by atoms with Crippen LogP contribution in [0.15, 0.2) is 42.6 Å². The van der Waals surface area contributed by atoms with E-state index in [2.05, 4.69) is 15.4 Å². The van der Waals surface area contributed by atoms with E-state index in [9.17, 15) is 18.0 Å². The molecule has 0 spiro atoms. The average molecular weight is 425 g/mol. The van der Waals surface area contributed by atoms with Crippen LogP contribution in [0.5, 0.6) is 0 Å². The first kappa shape index (κ1) is 20.6. The normalized spacial score (nSPS) is 15.8. The standard InChI is InChI=1S/C22H18F3N5O/c1-13-7-14(12-26)9-16(8-13)21(31)28-17-3-2-6-30-19(17)11-18(29-30)15-4-5-27-20(10-15)22(23,24)25/h4-5,7-11,17H,2-3,6H2,1H3,(H,28,31)/t17-/m1/s1. The number of aromatic nitrogens is 3. The number of carbonyl (C=O) groups is 1. The fourth-order valence-corrected chi connectivity index (χ4v) is 3.74. The number of amides is 1. The molecule has 1 aromatic carbocycles. The average Bonchev–Trinajstić information content (AvgIpc) is 3.18. The smallest absolute Gasteiger partial charge is 0.344 e. The van der Waals surface area contributed by atoms with Crippen LogP contribution in [0.4, 0.5) is 13.2 Å². The molecule has 0 unspecified atom stereocenters. The Labute approximate surface area is 176 Å². The Kier molecular flexibility index (Phi) is 5.23. The van der Waals surface area contributed by atoms with Gasteiger partial charge in [-0.15, -0.1) is 0 Å². The predicted molar refractivity (Wildman–Crippen MR) is 106 cm³/mol. The number of alkyl halides is 3. The van der Waals surface area contributed by atoms with E-state index in [0.717, 1.165) is 29.9 Å². The molecule has 2 aromatic heterocycles. The number of aryl methyl sites for hydroxylation is 2. The van der Waals surface area contributed by atoms with Crippen LogP contribution < -0.4 is 5.32 Å². The second-order valence-corrected chi connectivity index (χ2v) is 7.47. The summed E-state index contributed by atoms with van der Waals surface area (Å²) in [5.74, 6) is -0.315. The maximum atomic E-state index is 13.0. The highest BCUT2D eigenvalue weighted by atomic mass is 19.4. The lowest BCUT2D eigenvalue weighted by Crippen LogP contribution is -2.32. The van der Waals surface area contributed by atoms with Crippen molar-refractivity contribution < 1.29 is 18.0 Å². The number of hydrogen-bond acceptors (Lipinski definition) is 4. The van der Waals surface area contributed by atoms with Gasteiger partial charge < -0.3 is 5.32 Å². The summed E-state index contributed by atoms with van der Waals surface area (Å²) >= 11 is 0. The van der Waals surface area contributed by atoms with Crippen molar-refractivity contribution in [3.05, 3.63) is 70.7 Å². The van der Waals surface area contributed by atoms with E-state index in [0.29, 0.717) is 35.3 Å². The van der Waals surface area contributed by atoms with Gasteiger partial charge in [0.1, 0.15) is 5.69 Å². The van der Waals surface area contributed by atoms with Crippen molar-refractivity contribution >= 4 is 5.91 Å². The summed E-state index contributed by atoms with van der Waals surface area (Å²) in [5.41, 5.74) is 2.05. The molecule has 3 heterocycles. The molecule has 0 saturated heterocycles. The number of nitriles is 1. The van der Waals surface area contributed by atoms with Crippen molar-refractivity contribution in [1.82, 2.24) is 20.1 Å². The zero-order chi connectivity index (χ0) is 22.2. The Morgan fingerprint density at radius 2 is 2.06 bits per heavy atom. The number of nitrogens with one attached hydrogen (secondary N) is 1. The summed E-state index contributed by atoms with van der Waals surface area (Å²) < 4.78 is 40.7. The van der Waals surface area contributed by atoms with Crippen molar-refractivity contribution in [3.63, 3.8) is 0 Å². The van der Waals surface area contributed by atoms with Gasteiger partial charge in [0.05, 0.1) is 29.1 Å². The molecule has 0 aliphatic carbocycles. The zero-order valence-electron chi connectivity index (χ0n) is 16.6. The van der Waals surface area contributed by atoms with Gasteiger partial charge in [0.25, 0.3) is 5.91 Å². The van der Waals surface area contributed by atoms with Gasteiger partial charge in [-0.25, -0.2) is 0 Å². The zero-order valence-corrected chi connectivity index (χ0v) is 16.6. The van der Waals surface area contributed by atoms with Crippen LogP contribution in [0.1, 0.15) is 51.8 Å². The second kappa shape index (κ2) is 7.87. The summed E-state index contributed by atoms with van der Waals surface area (Å²) in [4.78, 5) is 16.2. The fourth-order valence-electron chi connectivity index (χ4n) is 3.74. The third-order valence-corrected chi connectivity index (χ3v) is 5.15. The van der Waals surface area contributed by atoms with Crippen molar-refractivity contribution in [2.24, 2.45) is 0 Å². The van der Waals surface area contributed by atoms with Crippen LogP contribution in [-0.4, -0.2) is 20.7 Å². The predicted octanol–water partition coefficient (Wildman–Crippen LogP) is 4.41. The SMILES string of the molecule is Cc1cc(C#N)cc(C(=O)N[C@@H]2CCCn3nc(-c4ccnc(C(F)(F)F)c4)cc32)c1. The lowest BCUT2D eigenvalue weighted by Gasteiger charge is -2.24. The molecule has 3 aromatic rings. The van der Waals surface area contributed by atoms with Crippen LogP contribution in [0.2, 0.25) is 0 Å². The van der Waals surface area contributed by atoms with Crippen LogP contribution >= 0.6 is 0 Å². The molecule has 1 atom stereocenters. The molecule has 0 fully saturated rings. The molecule has 4 rings (SSSR count). The number of fused-ring (bicyclic) bond motifs is 1. The number of pyridine rings is 1. The second-order valence-electron chi connectivity index (χ2n) is 7.47. The third-order valence-electron chi connectivity index (χ3n) is 5.15. The molecule has 1 aliphatic rings. The molecule has 1 amide bonds. The molecular formula is C22H18F3N5O. The summed E-state index contributed by atoms with van der Waals surface area (Å²) in [7, 11) is 0. The van der Waals surface area contributed by atoms with Crippen LogP contribution in [0, 0.1) is 18.3 Å². The largest absolute Gasteiger partial charge is 0.433 e. The summed E-state index contributed by atoms with van der Waals surface area (Å²) in [6.45, 7) is 2.42. The van der Waals surface area contributed by atoms with E-state index in [-0.39, 0.29) is 11.9 Å². The molecule has 6 nitrogen and oxygen atoms in total. The number of benzene rings is 1. The first-order chi connectivity index (χ1) is 14.7. The van der Waals surface area contributed by atoms with Crippen LogP contribution in [-0.2, 0) is 12.7 Å². The van der Waals surface area contributed by atoms with Crippen molar-refractivity contribution in [2.75, 3.05) is 0 Å². The van der Waals surface area contributed by atoms with E-state index >= 15 is 0 Å². The van der Waals surface area contributed by atoms with E-state index in [4.69, 9.17) is 5.26 Å². The third kappa shape index (κ3) is 4.28. The highest BCUT2D eigenvalue weighted by molar-refractivity contribution is 5.95. The molecule has 0 saturated carbocycles. The van der Waals surface area contributed by atoms with Crippen LogP contribution in [0.25, 0.3) is 11.3 Å². The van der Waals surface area contributed by atoms with Crippen LogP contribution in [0.3, 0.4) is 0 Å². The fraction of sp³-hybridized carbons (Fsp3) is 0.273. The summed E-state index contributed by atoms with van der Waals surface area (Å²) in [5, 5.41) is 16.5. The maximum absolute atomic E-state index is 13.0. The number of halogens is 3. The Morgan fingerprint density at radius 3 is 2.81 bits per heavy atom.